The molecule has 4 heteroatoms. The van der Waals surface area contributed by atoms with Gasteiger partial charge in [0.2, 0.25) is 11.8 Å². The van der Waals surface area contributed by atoms with Crippen LogP contribution in [0.4, 0.5) is 11.4 Å². The smallest absolute Gasteiger partial charge is 0.248 e. The maximum Gasteiger partial charge on any atom is 0.248 e. The molecule has 0 atom stereocenters. The molecule has 1 aliphatic rings. The Morgan fingerprint density at radius 2 is 1.85 bits per heavy atom. The molecular formula is C23H20N2O2. The number of benzene rings is 3. The molecule has 3 aromatic rings. The van der Waals surface area contributed by atoms with Gasteiger partial charge in [-0.05, 0) is 52.6 Å². The lowest BCUT2D eigenvalue weighted by Gasteiger charge is -2.14. The van der Waals surface area contributed by atoms with Gasteiger partial charge in [0, 0.05) is 30.9 Å². The molecule has 0 aromatic heterocycles. The average Bonchev–Trinajstić information content (AvgIpc) is 3.10. The van der Waals surface area contributed by atoms with Crippen molar-refractivity contribution >= 4 is 40.0 Å². The van der Waals surface area contributed by atoms with Crippen LogP contribution in [0, 0.1) is 0 Å². The number of amides is 2. The van der Waals surface area contributed by atoms with E-state index in [4.69, 9.17) is 0 Å². The van der Waals surface area contributed by atoms with Crippen LogP contribution in [-0.2, 0) is 16.0 Å². The third kappa shape index (κ3) is 3.47. The van der Waals surface area contributed by atoms with Gasteiger partial charge in [0.05, 0.1) is 0 Å². The van der Waals surface area contributed by atoms with E-state index in [0.29, 0.717) is 6.54 Å². The molecule has 0 aliphatic carbocycles. The Balaban J connectivity index is 1.50. The third-order valence-electron chi connectivity index (χ3n) is 4.86. The molecule has 0 spiro atoms. The molecule has 27 heavy (non-hydrogen) atoms. The molecule has 0 unspecified atom stereocenters. The molecule has 1 N–H and O–H groups in total. The zero-order valence-electron chi connectivity index (χ0n) is 15.1. The van der Waals surface area contributed by atoms with Gasteiger partial charge in [-0.1, -0.05) is 42.5 Å². The summed E-state index contributed by atoms with van der Waals surface area (Å²) in [4.78, 5) is 25.7. The summed E-state index contributed by atoms with van der Waals surface area (Å²) in [6, 6.07) is 19.8. The van der Waals surface area contributed by atoms with Crippen molar-refractivity contribution in [3.8, 4) is 0 Å². The van der Waals surface area contributed by atoms with Gasteiger partial charge < -0.3 is 10.2 Å². The summed E-state index contributed by atoms with van der Waals surface area (Å²) >= 11 is 0. The fourth-order valence-corrected chi connectivity index (χ4v) is 3.55. The number of nitrogens with zero attached hydrogens (tertiary/aromatic N) is 1. The summed E-state index contributed by atoms with van der Waals surface area (Å²) in [6.45, 7) is 2.27. The van der Waals surface area contributed by atoms with Gasteiger partial charge in [0.25, 0.3) is 0 Å². The average molecular weight is 356 g/mol. The number of nitrogens with one attached hydrogen (secondary N) is 1. The van der Waals surface area contributed by atoms with E-state index in [0.717, 1.165) is 39.7 Å². The highest BCUT2D eigenvalue weighted by atomic mass is 16.2. The lowest BCUT2D eigenvalue weighted by molar-refractivity contribution is -0.116. The lowest BCUT2D eigenvalue weighted by Crippen LogP contribution is -2.25. The Morgan fingerprint density at radius 1 is 1.04 bits per heavy atom. The van der Waals surface area contributed by atoms with E-state index in [-0.39, 0.29) is 11.8 Å². The van der Waals surface area contributed by atoms with Crippen molar-refractivity contribution in [2.75, 3.05) is 16.8 Å². The summed E-state index contributed by atoms with van der Waals surface area (Å²) in [5.41, 5.74) is 3.77. The summed E-state index contributed by atoms with van der Waals surface area (Å²) in [5, 5.41) is 5.17. The van der Waals surface area contributed by atoms with Crippen LogP contribution in [0.5, 0.6) is 0 Å². The molecule has 0 fully saturated rings. The van der Waals surface area contributed by atoms with Crippen LogP contribution in [0.2, 0.25) is 0 Å². The molecule has 0 radical (unpaired) electrons. The molecule has 134 valence electrons. The van der Waals surface area contributed by atoms with E-state index >= 15 is 0 Å². The monoisotopic (exact) mass is 356 g/mol. The molecule has 3 aromatic carbocycles. The highest BCUT2D eigenvalue weighted by Crippen LogP contribution is 2.30. The van der Waals surface area contributed by atoms with Crippen molar-refractivity contribution in [1.29, 1.82) is 0 Å². The van der Waals surface area contributed by atoms with Gasteiger partial charge in [-0.3, -0.25) is 9.59 Å². The molecular weight excluding hydrogens is 336 g/mol. The van der Waals surface area contributed by atoms with Gasteiger partial charge >= 0.3 is 0 Å². The molecule has 1 heterocycles. The van der Waals surface area contributed by atoms with E-state index in [1.54, 1.807) is 17.9 Å². The maximum atomic E-state index is 12.3. The van der Waals surface area contributed by atoms with Crippen LogP contribution in [0.3, 0.4) is 0 Å². The topological polar surface area (TPSA) is 49.4 Å². The number of hydrogen-bond acceptors (Lipinski definition) is 2. The van der Waals surface area contributed by atoms with Crippen LogP contribution in [0.15, 0.2) is 66.7 Å². The van der Waals surface area contributed by atoms with Crippen molar-refractivity contribution in [2.24, 2.45) is 0 Å². The number of carbonyl (C=O) groups excluding carboxylic acids is 2. The Morgan fingerprint density at radius 3 is 2.70 bits per heavy atom. The zero-order chi connectivity index (χ0) is 18.8. The van der Waals surface area contributed by atoms with Crippen LogP contribution in [0.25, 0.3) is 16.8 Å². The first-order valence-electron chi connectivity index (χ1n) is 9.00. The summed E-state index contributed by atoms with van der Waals surface area (Å²) < 4.78 is 0. The van der Waals surface area contributed by atoms with Gasteiger partial charge in [-0.25, -0.2) is 0 Å². The normalized spacial score (nSPS) is 13.1. The second-order valence-electron chi connectivity index (χ2n) is 6.66. The van der Waals surface area contributed by atoms with Crippen molar-refractivity contribution < 1.29 is 9.59 Å². The number of carbonyl (C=O) groups is 2. The Hall–Kier alpha value is -3.40. The SMILES string of the molecule is CC(=O)N1CCc2cc(NC(=O)/C=C/c3cccc4ccccc34)ccc21. The van der Waals surface area contributed by atoms with Gasteiger partial charge in [0.15, 0.2) is 0 Å². The predicted molar refractivity (Wildman–Crippen MR) is 110 cm³/mol. The van der Waals surface area contributed by atoms with E-state index in [9.17, 15) is 9.59 Å². The van der Waals surface area contributed by atoms with Crippen LogP contribution >= 0.6 is 0 Å². The fraction of sp³-hybridized carbons (Fsp3) is 0.130. The second-order valence-corrected chi connectivity index (χ2v) is 6.66. The summed E-state index contributed by atoms with van der Waals surface area (Å²) in [5.74, 6) is -0.132. The van der Waals surface area contributed by atoms with Gasteiger partial charge in [-0.2, -0.15) is 0 Å². The minimum absolute atomic E-state index is 0.0450. The van der Waals surface area contributed by atoms with Gasteiger partial charge in [-0.15, -0.1) is 0 Å². The molecule has 2 amide bonds. The molecule has 4 rings (SSSR count). The van der Waals surface area contributed by atoms with E-state index in [2.05, 4.69) is 17.4 Å². The first-order chi connectivity index (χ1) is 13.1. The Bertz CT molecular complexity index is 1060. The first-order valence-corrected chi connectivity index (χ1v) is 9.00. The van der Waals surface area contributed by atoms with E-state index < -0.39 is 0 Å². The largest absolute Gasteiger partial charge is 0.323 e. The predicted octanol–water partition coefficient (Wildman–Crippen LogP) is 4.40. The summed E-state index contributed by atoms with van der Waals surface area (Å²) in [7, 11) is 0. The molecule has 4 nitrogen and oxygen atoms in total. The van der Waals surface area contributed by atoms with Crippen molar-refractivity contribution in [2.45, 2.75) is 13.3 Å². The molecule has 1 aliphatic heterocycles. The Labute approximate surface area is 158 Å². The molecule has 0 saturated heterocycles. The zero-order valence-corrected chi connectivity index (χ0v) is 15.1. The number of anilines is 2. The van der Waals surface area contributed by atoms with Crippen molar-refractivity contribution in [3.05, 3.63) is 77.9 Å². The van der Waals surface area contributed by atoms with Crippen LogP contribution in [0.1, 0.15) is 18.1 Å². The second kappa shape index (κ2) is 7.08. The number of fused-ring (bicyclic) bond motifs is 2. The lowest BCUT2D eigenvalue weighted by atomic mass is 10.0. The first kappa shape index (κ1) is 17.0. The van der Waals surface area contributed by atoms with E-state index in [1.165, 1.54) is 0 Å². The highest BCUT2D eigenvalue weighted by molar-refractivity contribution is 6.04. The minimum Gasteiger partial charge on any atom is -0.323 e. The summed E-state index contributed by atoms with van der Waals surface area (Å²) in [6.07, 6.45) is 4.20. The Kier molecular flexibility index (Phi) is 4.47. The van der Waals surface area contributed by atoms with E-state index in [1.807, 2.05) is 54.6 Å². The highest BCUT2D eigenvalue weighted by Gasteiger charge is 2.22. The molecule has 0 bridgehead atoms. The molecule has 0 saturated carbocycles. The number of hydrogen-bond donors (Lipinski definition) is 1. The van der Waals surface area contributed by atoms with Gasteiger partial charge in [0.1, 0.15) is 0 Å². The minimum atomic E-state index is -0.177. The third-order valence-corrected chi connectivity index (χ3v) is 4.86. The number of rotatable bonds is 3. The quantitative estimate of drug-likeness (QED) is 0.707. The van der Waals surface area contributed by atoms with Crippen LogP contribution < -0.4 is 10.2 Å². The van der Waals surface area contributed by atoms with Crippen LogP contribution in [-0.4, -0.2) is 18.4 Å². The van der Waals surface area contributed by atoms with Crippen molar-refractivity contribution in [3.63, 3.8) is 0 Å². The van der Waals surface area contributed by atoms with Crippen molar-refractivity contribution in [1.82, 2.24) is 0 Å². The maximum absolute atomic E-state index is 12.3. The fourth-order valence-electron chi connectivity index (χ4n) is 3.55. The standard InChI is InChI=1S/C23H20N2O2/c1-16(26)25-14-13-19-15-20(10-11-22(19)25)24-23(27)12-9-18-7-4-6-17-5-2-3-8-21(17)18/h2-12,15H,13-14H2,1H3,(H,24,27)/b12-9+.